The summed E-state index contributed by atoms with van der Waals surface area (Å²) in [5, 5.41) is 3.24. The van der Waals surface area contributed by atoms with Gasteiger partial charge >= 0.3 is 0 Å². The fraction of sp³-hybridized carbons (Fsp3) is 0.269. The summed E-state index contributed by atoms with van der Waals surface area (Å²) >= 11 is 6.24. The van der Waals surface area contributed by atoms with Gasteiger partial charge in [-0.15, -0.1) is 0 Å². The van der Waals surface area contributed by atoms with Gasteiger partial charge in [0.15, 0.2) is 0 Å². The zero-order valence-corrected chi connectivity index (χ0v) is 20.5. The first-order valence-electron chi connectivity index (χ1n) is 11.1. The van der Waals surface area contributed by atoms with Gasteiger partial charge in [0.25, 0.3) is 5.91 Å². The van der Waals surface area contributed by atoms with Crippen molar-refractivity contribution >= 4 is 27.5 Å². The molecule has 1 aliphatic rings. The van der Waals surface area contributed by atoms with Gasteiger partial charge in [-0.1, -0.05) is 66.2 Å². The first-order valence-corrected chi connectivity index (χ1v) is 12.9. The molecule has 8 heteroatoms. The Kier molecular flexibility index (Phi) is 7.26. The number of sulfonamides is 1. The molecule has 1 N–H and O–H groups in total. The quantitative estimate of drug-likeness (QED) is 0.520. The lowest BCUT2D eigenvalue weighted by atomic mass is 9.74. The van der Waals surface area contributed by atoms with Crippen LogP contribution in [0.5, 0.6) is 5.75 Å². The fourth-order valence-corrected chi connectivity index (χ4v) is 6.60. The highest BCUT2D eigenvalue weighted by Crippen LogP contribution is 2.37. The van der Waals surface area contributed by atoms with Gasteiger partial charge in [-0.3, -0.25) is 4.79 Å². The van der Waals surface area contributed by atoms with E-state index in [0.717, 1.165) is 12.0 Å². The van der Waals surface area contributed by atoms with Crippen LogP contribution >= 0.6 is 11.6 Å². The van der Waals surface area contributed by atoms with Gasteiger partial charge in [-0.25, -0.2) is 8.42 Å². The minimum atomic E-state index is -3.80. The lowest BCUT2D eigenvalue weighted by Gasteiger charge is -2.43. The van der Waals surface area contributed by atoms with Gasteiger partial charge < -0.3 is 10.1 Å². The molecule has 1 atom stereocenters. The molecule has 1 unspecified atom stereocenters. The highest BCUT2D eigenvalue weighted by molar-refractivity contribution is 7.89. The fourth-order valence-electron chi connectivity index (χ4n) is 4.54. The van der Waals surface area contributed by atoms with Gasteiger partial charge in [-0.2, -0.15) is 4.31 Å². The maximum absolute atomic E-state index is 13.5. The van der Waals surface area contributed by atoms with E-state index in [9.17, 15) is 13.2 Å². The molecule has 0 aromatic heterocycles. The second kappa shape index (κ2) is 10.2. The molecule has 1 amide bonds. The van der Waals surface area contributed by atoms with Crippen LogP contribution in [-0.4, -0.2) is 45.4 Å². The largest absolute Gasteiger partial charge is 0.496 e. The van der Waals surface area contributed by atoms with Crippen LogP contribution in [0.15, 0.2) is 83.8 Å². The number of ether oxygens (including phenoxy) is 1. The van der Waals surface area contributed by atoms with Crippen LogP contribution in [0.3, 0.4) is 0 Å². The van der Waals surface area contributed by atoms with Gasteiger partial charge in [-0.05, 0) is 42.7 Å². The van der Waals surface area contributed by atoms with Crippen LogP contribution < -0.4 is 10.1 Å². The summed E-state index contributed by atoms with van der Waals surface area (Å²) in [5.74, 6) is 0.221. The summed E-state index contributed by atoms with van der Waals surface area (Å²) < 4.78 is 33.8. The number of rotatable bonds is 7. The molecule has 6 nitrogen and oxygen atoms in total. The highest BCUT2D eigenvalue weighted by atomic mass is 35.5. The number of benzene rings is 3. The molecule has 0 spiro atoms. The van der Waals surface area contributed by atoms with E-state index in [0.29, 0.717) is 24.3 Å². The summed E-state index contributed by atoms with van der Waals surface area (Å²) in [7, 11) is -2.28. The van der Waals surface area contributed by atoms with E-state index in [2.05, 4.69) is 5.32 Å². The van der Waals surface area contributed by atoms with Crippen LogP contribution in [0.2, 0.25) is 5.02 Å². The average Bonchev–Trinajstić information content (AvgIpc) is 2.88. The summed E-state index contributed by atoms with van der Waals surface area (Å²) in [6.45, 7) is 0.905. The molecule has 4 rings (SSSR count). The maximum Gasteiger partial charge on any atom is 0.255 e. The number of carbonyl (C=O) groups excluding carboxylic acids is 1. The van der Waals surface area contributed by atoms with Crippen molar-refractivity contribution in [3.63, 3.8) is 0 Å². The molecule has 178 valence electrons. The van der Waals surface area contributed by atoms with Crippen molar-refractivity contribution in [2.75, 3.05) is 26.7 Å². The molecule has 0 aliphatic carbocycles. The molecule has 34 heavy (non-hydrogen) atoms. The Hall–Kier alpha value is -2.87. The molecular weight excluding hydrogens is 472 g/mol. The highest BCUT2D eigenvalue weighted by Gasteiger charge is 2.42. The zero-order valence-electron chi connectivity index (χ0n) is 18.9. The van der Waals surface area contributed by atoms with Gasteiger partial charge in [0.2, 0.25) is 10.0 Å². The third-order valence-corrected chi connectivity index (χ3v) is 8.67. The summed E-state index contributed by atoms with van der Waals surface area (Å²) in [4.78, 5) is 13.1. The monoisotopic (exact) mass is 498 g/mol. The predicted molar refractivity (Wildman–Crippen MR) is 133 cm³/mol. The molecular formula is C26H27ClN2O4S. The molecule has 3 aromatic rings. The number of methoxy groups -OCH3 is 1. The SMILES string of the molecule is COc1ccccc1C(=O)NCC1(c2ccccc2)CCCN(S(=O)(=O)c2ccccc2Cl)C1. The average molecular weight is 499 g/mol. The number of amides is 1. The number of para-hydroxylation sites is 1. The molecule has 0 saturated carbocycles. The summed E-state index contributed by atoms with van der Waals surface area (Å²) in [5.41, 5.74) is 0.824. The van der Waals surface area contributed by atoms with Gasteiger partial charge in [0.1, 0.15) is 10.6 Å². The van der Waals surface area contributed by atoms with E-state index in [4.69, 9.17) is 16.3 Å². The molecule has 1 fully saturated rings. The van der Waals surface area contributed by atoms with Crippen molar-refractivity contribution in [3.05, 3.63) is 95.0 Å². The first kappa shape index (κ1) is 24.3. The number of halogens is 1. The van der Waals surface area contributed by atoms with E-state index in [-0.39, 0.29) is 28.9 Å². The van der Waals surface area contributed by atoms with Gasteiger partial charge in [0.05, 0.1) is 17.7 Å². The third kappa shape index (κ3) is 4.82. The Bertz CT molecular complexity index is 1270. The van der Waals surface area contributed by atoms with Crippen LogP contribution in [-0.2, 0) is 15.4 Å². The minimum Gasteiger partial charge on any atom is -0.496 e. The van der Waals surface area contributed by atoms with E-state index in [1.54, 1.807) is 42.5 Å². The zero-order chi connectivity index (χ0) is 24.2. The Morgan fingerprint density at radius 2 is 1.71 bits per heavy atom. The summed E-state index contributed by atoms with van der Waals surface area (Å²) in [6, 6.07) is 23.3. The van der Waals surface area contributed by atoms with Crippen molar-refractivity contribution in [3.8, 4) is 5.75 Å². The molecule has 1 aliphatic heterocycles. The van der Waals surface area contributed by atoms with E-state index >= 15 is 0 Å². The lowest BCUT2D eigenvalue weighted by Crippen LogP contribution is -2.53. The van der Waals surface area contributed by atoms with Crippen molar-refractivity contribution < 1.29 is 17.9 Å². The number of hydrogen-bond donors (Lipinski definition) is 1. The maximum atomic E-state index is 13.5. The van der Waals surface area contributed by atoms with Crippen LogP contribution in [0.1, 0.15) is 28.8 Å². The first-order chi connectivity index (χ1) is 16.4. The standard InChI is InChI=1S/C26H27ClN2O4S/c1-33-23-14-7-5-12-21(23)25(30)28-18-26(20-10-3-2-4-11-20)16-9-17-29(19-26)34(31,32)24-15-8-6-13-22(24)27/h2-8,10-15H,9,16-19H2,1H3,(H,28,30). The van der Waals surface area contributed by atoms with Crippen molar-refractivity contribution in [2.24, 2.45) is 0 Å². The lowest BCUT2D eigenvalue weighted by molar-refractivity contribution is 0.0929. The second-order valence-corrected chi connectivity index (χ2v) is 10.7. The molecule has 1 saturated heterocycles. The number of carbonyl (C=O) groups is 1. The molecule has 0 radical (unpaired) electrons. The smallest absolute Gasteiger partial charge is 0.255 e. The van der Waals surface area contributed by atoms with E-state index in [1.165, 1.54) is 17.5 Å². The number of hydrogen-bond acceptors (Lipinski definition) is 4. The van der Waals surface area contributed by atoms with E-state index in [1.807, 2.05) is 30.3 Å². The molecule has 0 bridgehead atoms. The van der Waals surface area contributed by atoms with Crippen molar-refractivity contribution in [1.29, 1.82) is 0 Å². The normalized spacial score (nSPS) is 18.9. The number of nitrogens with zero attached hydrogens (tertiary/aromatic N) is 1. The van der Waals surface area contributed by atoms with E-state index < -0.39 is 15.4 Å². The predicted octanol–water partition coefficient (Wildman–Crippen LogP) is 4.50. The Morgan fingerprint density at radius 1 is 1.03 bits per heavy atom. The van der Waals surface area contributed by atoms with Gasteiger partial charge in [0, 0.05) is 25.0 Å². The Balaban J connectivity index is 1.65. The molecule has 3 aromatic carbocycles. The second-order valence-electron chi connectivity index (χ2n) is 8.40. The van der Waals surface area contributed by atoms with Crippen molar-refractivity contribution in [1.82, 2.24) is 9.62 Å². The minimum absolute atomic E-state index is 0.0959. The summed E-state index contributed by atoms with van der Waals surface area (Å²) in [6.07, 6.45) is 1.39. The third-order valence-electron chi connectivity index (χ3n) is 6.32. The van der Waals surface area contributed by atoms with Crippen LogP contribution in [0.25, 0.3) is 0 Å². The molecule has 1 heterocycles. The number of nitrogens with one attached hydrogen (secondary N) is 1. The van der Waals surface area contributed by atoms with Crippen LogP contribution in [0.4, 0.5) is 0 Å². The van der Waals surface area contributed by atoms with Crippen LogP contribution in [0, 0.1) is 0 Å². The van der Waals surface area contributed by atoms with Crippen molar-refractivity contribution in [2.45, 2.75) is 23.2 Å². The number of piperidine rings is 1. The Morgan fingerprint density at radius 3 is 2.44 bits per heavy atom. The topological polar surface area (TPSA) is 75.7 Å². The Labute approximate surface area is 205 Å².